The standard InChI is InChI=1S/C30H24F7NO/c31-12-2-1-3-18-4-6-19(7-5-18)22-14-27(34)29(28(35)15-22)30(36,37)39-23-10-11-24(26(33)16-23)20-8-9-21(17-38)25(32)13-20/h1,3,8-11,13-16,18-19H,2,4-7,12H2/b3-1+. The number of halogens is 7. The Morgan fingerprint density at radius 3 is 2.15 bits per heavy atom. The highest BCUT2D eigenvalue weighted by molar-refractivity contribution is 5.66. The van der Waals surface area contributed by atoms with E-state index in [1.54, 1.807) is 12.1 Å². The number of alkyl halides is 3. The van der Waals surface area contributed by atoms with Gasteiger partial charge in [-0.1, -0.05) is 18.2 Å². The molecule has 204 valence electrons. The van der Waals surface area contributed by atoms with Gasteiger partial charge in [0.15, 0.2) is 0 Å². The molecule has 0 aliphatic heterocycles. The summed E-state index contributed by atoms with van der Waals surface area (Å²) >= 11 is 0. The molecule has 0 aromatic heterocycles. The molecule has 0 heterocycles. The molecule has 4 rings (SSSR count). The van der Waals surface area contributed by atoms with E-state index < -0.39 is 47.4 Å². The van der Waals surface area contributed by atoms with Crippen LogP contribution in [0.5, 0.6) is 5.75 Å². The zero-order chi connectivity index (χ0) is 28.2. The summed E-state index contributed by atoms with van der Waals surface area (Å²) in [7, 11) is 0. The Bertz CT molecular complexity index is 1380. The lowest BCUT2D eigenvalue weighted by molar-refractivity contribution is -0.189. The molecular weight excluding hydrogens is 523 g/mol. The van der Waals surface area contributed by atoms with Crippen LogP contribution in [0.15, 0.2) is 60.7 Å². The third-order valence-electron chi connectivity index (χ3n) is 6.87. The van der Waals surface area contributed by atoms with Crippen molar-refractivity contribution in [1.29, 1.82) is 5.26 Å². The van der Waals surface area contributed by atoms with Gasteiger partial charge in [0.2, 0.25) is 0 Å². The third kappa shape index (κ3) is 6.44. The predicted octanol–water partition coefficient (Wildman–Crippen LogP) is 9.10. The molecule has 0 saturated heterocycles. The molecule has 0 N–H and O–H groups in total. The number of hydrogen-bond acceptors (Lipinski definition) is 2. The van der Waals surface area contributed by atoms with Crippen molar-refractivity contribution in [3.63, 3.8) is 0 Å². The average molecular weight is 548 g/mol. The third-order valence-corrected chi connectivity index (χ3v) is 6.87. The molecule has 1 saturated carbocycles. The Kier molecular flexibility index (Phi) is 8.63. The van der Waals surface area contributed by atoms with Crippen LogP contribution in [0.2, 0.25) is 0 Å². The Morgan fingerprint density at radius 2 is 1.56 bits per heavy atom. The van der Waals surface area contributed by atoms with E-state index in [0.29, 0.717) is 25.3 Å². The zero-order valence-electron chi connectivity index (χ0n) is 20.7. The van der Waals surface area contributed by atoms with E-state index in [-0.39, 0.29) is 34.1 Å². The highest BCUT2D eigenvalue weighted by Gasteiger charge is 2.41. The molecule has 0 radical (unpaired) electrons. The van der Waals surface area contributed by atoms with Gasteiger partial charge >= 0.3 is 6.11 Å². The van der Waals surface area contributed by atoms with E-state index in [9.17, 15) is 30.7 Å². The number of hydrogen-bond donors (Lipinski definition) is 0. The molecular formula is C30H24F7NO. The lowest BCUT2D eigenvalue weighted by Crippen LogP contribution is -2.25. The fourth-order valence-electron chi connectivity index (χ4n) is 4.87. The monoisotopic (exact) mass is 547 g/mol. The second kappa shape index (κ2) is 11.9. The van der Waals surface area contributed by atoms with Crippen LogP contribution in [-0.2, 0) is 6.11 Å². The second-order valence-electron chi connectivity index (χ2n) is 9.44. The van der Waals surface area contributed by atoms with Crippen molar-refractivity contribution in [2.75, 3.05) is 6.67 Å². The normalized spacial score (nSPS) is 17.8. The maximum atomic E-state index is 14.9. The molecule has 3 aromatic rings. The Hall–Kier alpha value is -3.80. The summed E-state index contributed by atoms with van der Waals surface area (Å²) in [6.45, 7) is -0.439. The van der Waals surface area contributed by atoms with E-state index in [1.165, 1.54) is 6.07 Å². The number of ether oxygens (including phenoxy) is 1. The Morgan fingerprint density at radius 1 is 0.872 bits per heavy atom. The zero-order valence-corrected chi connectivity index (χ0v) is 20.7. The maximum absolute atomic E-state index is 14.9. The van der Waals surface area contributed by atoms with Crippen molar-refractivity contribution in [1.82, 2.24) is 0 Å². The van der Waals surface area contributed by atoms with Crippen LogP contribution in [0.25, 0.3) is 11.1 Å². The number of rotatable bonds is 8. The number of allylic oxidation sites excluding steroid dienone is 2. The minimum absolute atomic E-state index is 0.0554. The summed E-state index contributed by atoms with van der Waals surface area (Å²) in [5, 5.41) is 8.82. The van der Waals surface area contributed by atoms with Gasteiger partial charge in [0, 0.05) is 11.6 Å². The van der Waals surface area contributed by atoms with E-state index in [1.807, 2.05) is 6.08 Å². The molecule has 0 spiro atoms. The van der Waals surface area contributed by atoms with Crippen molar-refractivity contribution < 1.29 is 35.5 Å². The van der Waals surface area contributed by atoms with Crippen LogP contribution < -0.4 is 4.74 Å². The summed E-state index contributed by atoms with van der Waals surface area (Å²) in [6, 6.07) is 9.37. The molecule has 2 nitrogen and oxygen atoms in total. The summed E-state index contributed by atoms with van der Waals surface area (Å²) in [6.07, 6.45) is 2.25. The fraction of sp³-hybridized carbons (Fsp3) is 0.300. The highest BCUT2D eigenvalue weighted by atomic mass is 19.3. The highest BCUT2D eigenvalue weighted by Crippen LogP contribution is 2.41. The summed E-state index contributed by atoms with van der Waals surface area (Å²) in [4.78, 5) is 0. The molecule has 39 heavy (non-hydrogen) atoms. The van der Waals surface area contributed by atoms with E-state index in [4.69, 9.17) is 5.26 Å². The van der Waals surface area contributed by atoms with Crippen molar-refractivity contribution in [2.45, 2.75) is 44.1 Å². The molecule has 0 unspecified atom stereocenters. The summed E-state index contributed by atoms with van der Waals surface area (Å²) in [5.41, 5.74) is -1.67. The summed E-state index contributed by atoms with van der Waals surface area (Å²) in [5.74, 6) is -5.56. The topological polar surface area (TPSA) is 33.0 Å². The van der Waals surface area contributed by atoms with Crippen LogP contribution in [-0.4, -0.2) is 6.67 Å². The first-order valence-corrected chi connectivity index (χ1v) is 12.4. The van der Waals surface area contributed by atoms with Gasteiger partial charge in [0.25, 0.3) is 0 Å². The second-order valence-corrected chi connectivity index (χ2v) is 9.44. The molecule has 9 heteroatoms. The van der Waals surface area contributed by atoms with Crippen molar-refractivity contribution in [3.8, 4) is 22.9 Å². The first-order chi connectivity index (χ1) is 18.6. The predicted molar refractivity (Wildman–Crippen MR) is 132 cm³/mol. The molecule has 1 aliphatic carbocycles. The van der Waals surface area contributed by atoms with Crippen LogP contribution in [0.3, 0.4) is 0 Å². The van der Waals surface area contributed by atoms with E-state index in [2.05, 4.69) is 4.74 Å². The first kappa shape index (κ1) is 28.2. The van der Waals surface area contributed by atoms with Gasteiger partial charge < -0.3 is 4.74 Å². The molecule has 1 aliphatic rings. The van der Waals surface area contributed by atoms with Gasteiger partial charge in [-0.3, -0.25) is 4.39 Å². The van der Waals surface area contributed by atoms with Gasteiger partial charge in [-0.25, -0.2) is 17.6 Å². The molecule has 0 bridgehead atoms. The summed E-state index contributed by atoms with van der Waals surface area (Å²) < 4.78 is 105. The largest absolute Gasteiger partial charge is 0.432 e. The minimum Gasteiger partial charge on any atom is -0.429 e. The first-order valence-electron chi connectivity index (χ1n) is 12.4. The van der Waals surface area contributed by atoms with Crippen LogP contribution in [0.1, 0.15) is 54.7 Å². The number of nitrogens with zero attached hydrogens (tertiary/aromatic N) is 1. The van der Waals surface area contributed by atoms with Gasteiger partial charge in [-0.2, -0.15) is 14.0 Å². The SMILES string of the molecule is N#Cc1ccc(-c2ccc(OC(F)(F)c3c(F)cc(C4CCC(/C=C/CCF)CC4)cc3F)cc2F)cc1F. The van der Waals surface area contributed by atoms with E-state index in [0.717, 1.165) is 49.2 Å². The fourth-order valence-corrected chi connectivity index (χ4v) is 4.87. The minimum atomic E-state index is -4.46. The number of nitriles is 1. The Balaban J connectivity index is 1.50. The van der Waals surface area contributed by atoms with Gasteiger partial charge in [-0.15, -0.1) is 0 Å². The van der Waals surface area contributed by atoms with Crippen molar-refractivity contribution in [3.05, 3.63) is 101 Å². The molecule has 3 aromatic carbocycles. The number of benzene rings is 3. The smallest absolute Gasteiger partial charge is 0.429 e. The lowest BCUT2D eigenvalue weighted by atomic mass is 9.78. The van der Waals surface area contributed by atoms with Gasteiger partial charge in [0.1, 0.15) is 40.7 Å². The Labute approximate surface area is 221 Å². The van der Waals surface area contributed by atoms with Crippen molar-refractivity contribution >= 4 is 0 Å². The molecule has 0 atom stereocenters. The van der Waals surface area contributed by atoms with Crippen LogP contribution in [0, 0.1) is 40.5 Å². The lowest BCUT2D eigenvalue weighted by Gasteiger charge is -2.28. The van der Waals surface area contributed by atoms with Gasteiger partial charge in [0.05, 0.1) is 12.2 Å². The van der Waals surface area contributed by atoms with Gasteiger partial charge in [-0.05, 0) is 91.5 Å². The van der Waals surface area contributed by atoms with Crippen LogP contribution >= 0.6 is 0 Å². The molecule has 0 amide bonds. The maximum Gasteiger partial charge on any atom is 0.432 e. The molecule has 1 fully saturated rings. The quantitative estimate of drug-likeness (QED) is 0.208. The van der Waals surface area contributed by atoms with E-state index >= 15 is 0 Å². The van der Waals surface area contributed by atoms with Crippen LogP contribution in [0.4, 0.5) is 30.7 Å². The average Bonchev–Trinajstić information content (AvgIpc) is 2.88. The van der Waals surface area contributed by atoms with Crippen molar-refractivity contribution in [2.24, 2.45) is 5.92 Å².